The van der Waals surface area contributed by atoms with Crippen molar-refractivity contribution in [2.24, 2.45) is 0 Å². The minimum absolute atomic E-state index is 0.0384. The first-order valence-electron chi connectivity index (χ1n) is 9.42. The van der Waals surface area contributed by atoms with Gasteiger partial charge >= 0.3 is 0 Å². The van der Waals surface area contributed by atoms with Gasteiger partial charge in [0.2, 0.25) is 0 Å². The van der Waals surface area contributed by atoms with Gasteiger partial charge in [0.25, 0.3) is 5.91 Å². The van der Waals surface area contributed by atoms with Gasteiger partial charge in [0.05, 0.1) is 11.9 Å². The van der Waals surface area contributed by atoms with E-state index in [9.17, 15) is 4.79 Å². The van der Waals surface area contributed by atoms with Crippen LogP contribution in [0.2, 0.25) is 0 Å². The standard InChI is InChI=1S/C22H24N4OS/c1-14-6-7-16(22(27)25-18-8-9-18)12-20(14)26-21(23)17(13-24-26)10-15-4-3-5-19(11-15)28-2/h3-7,11-13,18H,8-10,23H2,1-2H3,(H,25,27). The Morgan fingerprint density at radius 1 is 1.29 bits per heavy atom. The van der Waals surface area contributed by atoms with Gasteiger partial charge < -0.3 is 11.1 Å². The van der Waals surface area contributed by atoms with E-state index >= 15 is 0 Å². The van der Waals surface area contributed by atoms with Crippen LogP contribution in [0.5, 0.6) is 0 Å². The van der Waals surface area contributed by atoms with Crippen molar-refractivity contribution in [1.29, 1.82) is 0 Å². The quantitative estimate of drug-likeness (QED) is 0.623. The van der Waals surface area contributed by atoms with E-state index in [1.807, 2.05) is 31.3 Å². The fraction of sp³-hybridized carbons (Fsp3) is 0.273. The molecule has 1 aromatic heterocycles. The number of hydrogen-bond donors (Lipinski definition) is 2. The molecule has 0 radical (unpaired) electrons. The molecule has 0 bridgehead atoms. The van der Waals surface area contributed by atoms with Crippen molar-refractivity contribution >= 4 is 23.5 Å². The molecule has 0 unspecified atom stereocenters. The Morgan fingerprint density at radius 3 is 2.86 bits per heavy atom. The van der Waals surface area contributed by atoms with E-state index < -0.39 is 0 Å². The Morgan fingerprint density at radius 2 is 2.11 bits per heavy atom. The molecule has 1 saturated carbocycles. The summed E-state index contributed by atoms with van der Waals surface area (Å²) in [4.78, 5) is 13.6. The molecule has 5 nitrogen and oxygen atoms in total. The summed E-state index contributed by atoms with van der Waals surface area (Å²) in [6.07, 6.45) is 6.74. The van der Waals surface area contributed by atoms with Crippen LogP contribution in [0.4, 0.5) is 5.82 Å². The van der Waals surface area contributed by atoms with Gasteiger partial charge in [-0.05, 0) is 61.4 Å². The number of thioether (sulfide) groups is 1. The van der Waals surface area contributed by atoms with Gasteiger partial charge in [0.1, 0.15) is 5.82 Å². The predicted molar refractivity (Wildman–Crippen MR) is 114 cm³/mol. The third-order valence-electron chi connectivity index (χ3n) is 5.03. The molecule has 6 heteroatoms. The monoisotopic (exact) mass is 392 g/mol. The molecule has 1 heterocycles. The molecular weight excluding hydrogens is 368 g/mol. The van der Waals surface area contributed by atoms with E-state index in [1.54, 1.807) is 16.4 Å². The van der Waals surface area contributed by atoms with Crippen LogP contribution >= 0.6 is 11.8 Å². The van der Waals surface area contributed by atoms with Gasteiger partial charge in [-0.3, -0.25) is 4.79 Å². The van der Waals surface area contributed by atoms with Crippen molar-refractivity contribution in [2.75, 3.05) is 12.0 Å². The number of carbonyl (C=O) groups excluding carboxylic acids is 1. The lowest BCUT2D eigenvalue weighted by Crippen LogP contribution is -2.25. The SMILES string of the molecule is CSc1cccc(Cc2cnn(-c3cc(C(=O)NC4CC4)ccc3C)c2N)c1. The molecule has 144 valence electrons. The molecule has 1 fully saturated rings. The zero-order valence-corrected chi connectivity index (χ0v) is 16.9. The van der Waals surface area contributed by atoms with Crippen LogP contribution in [0.3, 0.4) is 0 Å². The highest BCUT2D eigenvalue weighted by Gasteiger charge is 2.24. The van der Waals surface area contributed by atoms with Gasteiger partial charge in [-0.15, -0.1) is 11.8 Å². The highest BCUT2D eigenvalue weighted by Crippen LogP contribution is 2.25. The van der Waals surface area contributed by atoms with E-state index in [0.717, 1.165) is 36.1 Å². The Kier molecular flexibility index (Phi) is 5.13. The minimum atomic E-state index is -0.0384. The average Bonchev–Trinajstić information content (AvgIpc) is 3.45. The lowest BCUT2D eigenvalue weighted by Gasteiger charge is -2.11. The summed E-state index contributed by atoms with van der Waals surface area (Å²) in [5, 5.41) is 7.54. The summed E-state index contributed by atoms with van der Waals surface area (Å²) in [6, 6.07) is 14.4. The van der Waals surface area contributed by atoms with E-state index in [4.69, 9.17) is 5.73 Å². The van der Waals surface area contributed by atoms with Gasteiger partial charge in [0.15, 0.2) is 0 Å². The van der Waals surface area contributed by atoms with E-state index in [1.165, 1.54) is 10.5 Å². The van der Waals surface area contributed by atoms with Crippen molar-refractivity contribution < 1.29 is 4.79 Å². The Bertz CT molecular complexity index is 1020. The highest BCUT2D eigenvalue weighted by molar-refractivity contribution is 7.98. The zero-order valence-electron chi connectivity index (χ0n) is 16.1. The van der Waals surface area contributed by atoms with E-state index in [2.05, 4.69) is 40.9 Å². The van der Waals surface area contributed by atoms with Gasteiger partial charge in [-0.1, -0.05) is 18.2 Å². The number of nitrogens with two attached hydrogens (primary N) is 1. The molecule has 3 N–H and O–H groups in total. The molecule has 0 aliphatic heterocycles. The van der Waals surface area contributed by atoms with Crippen molar-refractivity contribution in [2.45, 2.75) is 37.1 Å². The predicted octanol–water partition coefficient (Wildman–Crippen LogP) is 3.97. The first-order chi connectivity index (χ1) is 13.5. The van der Waals surface area contributed by atoms with Crippen LogP contribution in [0, 0.1) is 6.92 Å². The molecule has 2 aromatic carbocycles. The summed E-state index contributed by atoms with van der Waals surface area (Å²) >= 11 is 1.72. The average molecular weight is 393 g/mol. The van der Waals surface area contributed by atoms with Crippen LogP contribution < -0.4 is 11.1 Å². The maximum atomic E-state index is 12.4. The molecule has 1 aliphatic carbocycles. The number of aryl methyl sites for hydroxylation is 1. The molecule has 1 amide bonds. The summed E-state index contributed by atoms with van der Waals surface area (Å²) in [7, 11) is 0. The van der Waals surface area contributed by atoms with E-state index in [0.29, 0.717) is 17.4 Å². The second-order valence-corrected chi connectivity index (χ2v) is 8.12. The molecule has 0 atom stereocenters. The molecule has 1 aliphatic rings. The van der Waals surface area contributed by atoms with Crippen LogP contribution in [-0.4, -0.2) is 28.0 Å². The number of rotatable bonds is 6. The number of aromatic nitrogens is 2. The minimum Gasteiger partial charge on any atom is -0.383 e. The molecular formula is C22H24N4OS. The second kappa shape index (κ2) is 7.72. The fourth-order valence-corrected chi connectivity index (χ4v) is 3.68. The number of benzene rings is 2. The van der Waals surface area contributed by atoms with Crippen molar-refractivity contribution in [1.82, 2.24) is 15.1 Å². The van der Waals surface area contributed by atoms with Crippen LogP contribution in [0.1, 0.15) is 39.9 Å². The largest absolute Gasteiger partial charge is 0.383 e. The summed E-state index contributed by atoms with van der Waals surface area (Å²) < 4.78 is 1.73. The van der Waals surface area contributed by atoms with Gasteiger partial charge in [0, 0.05) is 28.5 Å². The number of nitrogens with one attached hydrogen (secondary N) is 1. The fourth-order valence-electron chi connectivity index (χ4n) is 3.20. The number of amides is 1. The summed E-state index contributed by atoms with van der Waals surface area (Å²) in [6.45, 7) is 2.00. The first kappa shape index (κ1) is 18.6. The molecule has 3 aromatic rings. The van der Waals surface area contributed by atoms with Crippen molar-refractivity contribution in [3.05, 3.63) is 70.9 Å². The van der Waals surface area contributed by atoms with Crippen LogP contribution in [0.25, 0.3) is 5.69 Å². The summed E-state index contributed by atoms with van der Waals surface area (Å²) in [5.41, 5.74) is 11.1. The van der Waals surface area contributed by atoms with Crippen LogP contribution in [0.15, 0.2) is 53.6 Å². The number of nitrogens with zero attached hydrogens (tertiary/aromatic N) is 2. The number of hydrogen-bond acceptors (Lipinski definition) is 4. The second-order valence-electron chi connectivity index (χ2n) is 7.24. The van der Waals surface area contributed by atoms with Crippen molar-refractivity contribution in [3.63, 3.8) is 0 Å². The van der Waals surface area contributed by atoms with Crippen molar-refractivity contribution in [3.8, 4) is 5.69 Å². The lowest BCUT2D eigenvalue weighted by atomic mass is 10.1. The van der Waals surface area contributed by atoms with Crippen LogP contribution in [-0.2, 0) is 6.42 Å². The Labute approximate surface area is 169 Å². The topological polar surface area (TPSA) is 72.9 Å². The third kappa shape index (κ3) is 3.92. The van der Waals surface area contributed by atoms with Gasteiger partial charge in [-0.2, -0.15) is 5.10 Å². The Hall–Kier alpha value is -2.73. The highest BCUT2D eigenvalue weighted by atomic mass is 32.2. The number of carbonyl (C=O) groups is 1. The molecule has 0 spiro atoms. The number of nitrogen functional groups attached to an aromatic ring is 1. The molecule has 4 rings (SSSR count). The maximum Gasteiger partial charge on any atom is 0.251 e. The Balaban J connectivity index is 1.62. The summed E-state index contributed by atoms with van der Waals surface area (Å²) in [5.74, 6) is 0.570. The lowest BCUT2D eigenvalue weighted by molar-refractivity contribution is 0.0951. The molecule has 28 heavy (non-hydrogen) atoms. The molecule has 0 saturated heterocycles. The zero-order chi connectivity index (χ0) is 19.7. The first-order valence-corrected chi connectivity index (χ1v) is 10.6. The maximum absolute atomic E-state index is 12.4. The van der Waals surface area contributed by atoms with Gasteiger partial charge in [-0.25, -0.2) is 4.68 Å². The number of anilines is 1. The van der Waals surface area contributed by atoms with E-state index in [-0.39, 0.29) is 5.91 Å². The normalized spacial score (nSPS) is 13.5. The third-order valence-corrected chi connectivity index (χ3v) is 5.75. The smallest absolute Gasteiger partial charge is 0.251 e.